The predicted molar refractivity (Wildman–Crippen MR) is 100 cm³/mol. The van der Waals surface area contributed by atoms with Crippen molar-refractivity contribution in [3.63, 3.8) is 0 Å². The number of aromatic nitrogens is 1. The van der Waals surface area contributed by atoms with Crippen LogP contribution in [0.15, 0.2) is 30.5 Å². The van der Waals surface area contributed by atoms with Gasteiger partial charge in [0.1, 0.15) is 0 Å². The quantitative estimate of drug-likeness (QED) is 0.870. The molecular formula is C21H25N3O. The maximum Gasteiger partial charge on any atom is 0.231 e. The van der Waals surface area contributed by atoms with Crippen molar-refractivity contribution in [3.8, 4) is 0 Å². The van der Waals surface area contributed by atoms with Crippen LogP contribution < -0.4 is 0 Å². The lowest BCUT2D eigenvalue weighted by molar-refractivity contribution is -0.146. The number of aromatic amines is 1. The van der Waals surface area contributed by atoms with Crippen LogP contribution in [-0.2, 0) is 11.2 Å². The summed E-state index contributed by atoms with van der Waals surface area (Å²) in [6, 6.07) is 7.62. The van der Waals surface area contributed by atoms with Crippen molar-refractivity contribution in [1.29, 1.82) is 0 Å². The standard InChI is InChI=1S/C21H25N3O/c1-12-7-13(2)24(12)21(25)15-8-17-16-5-4-6-18-20(16)14(10-22-18)9-19(17)23(3)11-15/h4-6,8,10,12-13,15,19,22H,7,9,11H2,1-3H3/t12-,13-,15+,19-/m0/s1. The first kappa shape index (κ1) is 15.2. The summed E-state index contributed by atoms with van der Waals surface area (Å²) < 4.78 is 0. The van der Waals surface area contributed by atoms with Gasteiger partial charge in [0.15, 0.2) is 0 Å². The molecule has 1 fully saturated rings. The van der Waals surface area contributed by atoms with Crippen molar-refractivity contribution in [1.82, 2.24) is 14.8 Å². The van der Waals surface area contributed by atoms with E-state index in [1.807, 2.05) is 0 Å². The largest absolute Gasteiger partial charge is 0.361 e. The third-order valence-corrected chi connectivity index (χ3v) is 6.47. The Morgan fingerprint density at radius 2 is 2.04 bits per heavy atom. The normalized spacial score (nSPS) is 31.5. The van der Waals surface area contributed by atoms with Crippen LogP contribution in [0.1, 0.15) is 31.4 Å². The molecule has 2 aliphatic heterocycles. The van der Waals surface area contributed by atoms with E-state index in [-0.39, 0.29) is 5.92 Å². The van der Waals surface area contributed by atoms with Crippen LogP contribution in [0, 0.1) is 5.92 Å². The van der Waals surface area contributed by atoms with Crippen LogP contribution >= 0.6 is 0 Å². The maximum absolute atomic E-state index is 13.1. The van der Waals surface area contributed by atoms with Gasteiger partial charge in [-0.15, -0.1) is 0 Å². The number of hydrogen-bond donors (Lipinski definition) is 1. The Labute approximate surface area is 148 Å². The first-order valence-corrected chi connectivity index (χ1v) is 9.38. The molecule has 1 aliphatic carbocycles. The molecule has 0 bridgehead atoms. The van der Waals surface area contributed by atoms with Crippen LogP contribution in [0.2, 0.25) is 0 Å². The first-order valence-electron chi connectivity index (χ1n) is 9.38. The van der Waals surface area contributed by atoms with E-state index < -0.39 is 0 Å². The second-order valence-electron chi connectivity index (χ2n) is 8.11. The summed E-state index contributed by atoms with van der Waals surface area (Å²) in [5.41, 5.74) is 5.24. The van der Waals surface area contributed by atoms with Crippen LogP contribution in [0.4, 0.5) is 0 Å². The van der Waals surface area contributed by atoms with Gasteiger partial charge >= 0.3 is 0 Å². The Bertz CT molecular complexity index is 888. The number of likely N-dealkylation sites (N-methyl/N-ethyl adjacent to an activating group) is 1. The first-order chi connectivity index (χ1) is 12.0. The zero-order valence-corrected chi connectivity index (χ0v) is 15.1. The van der Waals surface area contributed by atoms with E-state index in [9.17, 15) is 4.79 Å². The fourth-order valence-corrected chi connectivity index (χ4v) is 5.25. The van der Waals surface area contributed by atoms with Gasteiger partial charge in [-0.25, -0.2) is 0 Å². The number of likely N-dealkylation sites (tertiary alicyclic amines) is 1. The van der Waals surface area contributed by atoms with Gasteiger partial charge in [-0.1, -0.05) is 18.2 Å². The molecule has 3 heterocycles. The van der Waals surface area contributed by atoms with E-state index in [1.165, 1.54) is 27.6 Å². The zero-order valence-electron chi connectivity index (χ0n) is 15.1. The highest BCUT2D eigenvalue weighted by molar-refractivity contribution is 5.99. The summed E-state index contributed by atoms with van der Waals surface area (Å²) in [5.74, 6) is 0.272. The van der Waals surface area contributed by atoms with Crippen molar-refractivity contribution in [3.05, 3.63) is 41.6 Å². The van der Waals surface area contributed by atoms with Gasteiger partial charge in [-0.05, 0) is 56.5 Å². The topological polar surface area (TPSA) is 39.3 Å². The van der Waals surface area contributed by atoms with E-state index in [0.717, 1.165) is 19.4 Å². The van der Waals surface area contributed by atoms with Crippen LogP contribution in [0.25, 0.3) is 16.5 Å². The van der Waals surface area contributed by atoms with Gasteiger partial charge < -0.3 is 9.88 Å². The van der Waals surface area contributed by atoms with Crippen molar-refractivity contribution in [2.24, 2.45) is 5.92 Å². The molecule has 130 valence electrons. The van der Waals surface area contributed by atoms with Crippen LogP contribution in [-0.4, -0.2) is 52.4 Å². The molecule has 1 aromatic carbocycles. The molecule has 4 nitrogen and oxygen atoms in total. The average Bonchev–Trinajstić information content (AvgIpc) is 3.00. The average molecular weight is 335 g/mol. The Morgan fingerprint density at radius 3 is 2.80 bits per heavy atom. The van der Waals surface area contributed by atoms with Gasteiger partial charge in [0.25, 0.3) is 0 Å². The summed E-state index contributed by atoms with van der Waals surface area (Å²) in [4.78, 5) is 21.0. The van der Waals surface area contributed by atoms with Crippen molar-refractivity contribution < 1.29 is 4.79 Å². The summed E-state index contributed by atoms with van der Waals surface area (Å²) in [5, 5.41) is 1.34. The van der Waals surface area contributed by atoms with Crippen molar-refractivity contribution >= 4 is 22.4 Å². The van der Waals surface area contributed by atoms with E-state index in [1.54, 1.807) is 0 Å². The highest BCUT2D eigenvalue weighted by atomic mass is 16.2. The fraction of sp³-hybridized carbons (Fsp3) is 0.476. The minimum Gasteiger partial charge on any atom is -0.361 e. The molecule has 0 spiro atoms. The molecule has 1 saturated heterocycles. The lowest BCUT2D eigenvalue weighted by Crippen LogP contribution is -2.59. The number of H-pyrrole nitrogens is 1. The Balaban J connectivity index is 1.58. The third kappa shape index (κ3) is 2.07. The molecule has 4 atom stereocenters. The summed E-state index contributed by atoms with van der Waals surface area (Å²) in [6.45, 7) is 5.14. The molecule has 25 heavy (non-hydrogen) atoms. The predicted octanol–water partition coefficient (Wildman–Crippen LogP) is 3.05. The van der Waals surface area contributed by atoms with Gasteiger partial charge in [0.2, 0.25) is 5.91 Å². The number of amides is 1. The number of carbonyl (C=O) groups excluding carboxylic acids is 1. The summed E-state index contributed by atoms with van der Waals surface area (Å²) >= 11 is 0. The van der Waals surface area contributed by atoms with E-state index in [0.29, 0.717) is 24.0 Å². The molecule has 3 aliphatic rings. The van der Waals surface area contributed by atoms with E-state index >= 15 is 0 Å². The number of hydrogen-bond acceptors (Lipinski definition) is 2. The molecule has 1 amide bonds. The van der Waals surface area contributed by atoms with Gasteiger partial charge in [0.05, 0.1) is 5.92 Å². The van der Waals surface area contributed by atoms with E-state index in [4.69, 9.17) is 0 Å². The SMILES string of the molecule is C[C@H]1C[C@H](C)N1C(=O)[C@@H]1C=C2c3cccc4[nH]cc(c34)C[C@@H]2N(C)C1. The molecule has 5 rings (SSSR count). The minimum atomic E-state index is -0.0304. The summed E-state index contributed by atoms with van der Waals surface area (Å²) in [7, 11) is 2.17. The molecule has 1 aromatic heterocycles. The fourth-order valence-electron chi connectivity index (χ4n) is 5.25. The van der Waals surface area contributed by atoms with Gasteiger partial charge in [-0.2, -0.15) is 0 Å². The number of fused-ring (bicyclic) bond motifs is 2. The lowest BCUT2D eigenvalue weighted by Gasteiger charge is -2.48. The Morgan fingerprint density at radius 1 is 1.24 bits per heavy atom. The molecule has 0 saturated carbocycles. The van der Waals surface area contributed by atoms with Crippen molar-refractivity contribution in [2.45, 2.75) is 44.8 Å². The minimum absolute atomic E-state index is 0.0304. The lowest BCUT2D eigenvalue weighted by atomic mass is 9.79. The molecule has 0 radical (unpaired) electrons. The molecule has 1 N–H and O–H groups in total. The number of nitrogens with zero attached hydrogens (tertiary/aromatic N) is 2. The van der Waals surface area contributed by atoms with Gasteiger partial charge in [0, 0.05) is 41.8 Å². The van der Waals surface area contributed by atoms with Crippen molar-refractivity contribution in [2.75, 3.05) is 13.6 Å². The van der Waals surface area contributed by atoms with Crippen LogP contribution in [0.3, 0.4) is 0 Å². The number of nitrogens with one attached hydrogen (secondary N) is 1. The summed E-state index contributed by atoms with van der Waals surface area (Å²) in [6.07, 6.45) is 6.57. The highest BCUT2D eigenvalue weighted by Gasteiger charge is 2.41. The Kier molecular flexibility index (Phi) is 3.17. The number of carbonyl (C=O) groups is 1. The third-order valence-electron chi connectivity index (χ3n) is 6.47. The smallest absolute Gasteiger partial charge is 0.231 e. The highest BCUT2D eigenvalue weighted by Crippen LogP contribution is 2.41. The Hall–Kier alpha value is -2.07. The molecule has 4 heteroatoms. The molecule has 0 unspecified atom stereocenters. The van der Waals surface area contributed by atoms with Gasteiger partial charge in [-0.3, -0.25) is 9.69 Å². The second-order valence-corrected chi connectivity index (χ2v) is 8.11. The van der Waals surface area contributed by atoms with Crippen LogP contribution in [0.5, 0.6) is 0 Å². The number of rotatable bonds is 1. The molecular weight excluding hydrogens is 310 g/mol. The maximum atomic E-state index is 13.1. The second kappa shape index (κ2) is 5.21. The number of benzene rings is 1. The monoisotopic (exact) mass is 335 g/mol. The van der Waals surface area contributed by atoms with E-state index in [2.05, 4.69) is 66.2 Å². The zero-order chi connectivity index (χ0) is 17.3. The molecule has 2 aromatic rings.